The lowest BCUT2D eigenvalue weighted by molar-refractivity contribution is 0.0599. The zero-order chi connectivity index (χ0) is 21.8. The Morgan fingerprint density at radius 1 is 1.10 bits per heavy atom. The van der Waals surface area contributed by atoms with Gasteiger partial charge in [0.2, 0.25) is 10.0 Å². The molecule has 0 saturated carbocycles. The topological polar surface area (TPSA) is 117 Å². The predicted molar refractivity (Wildman–Crippen MR) is 113 cm³/mol. The van der Waals surface area contributed by atoms with Gasteiger partial charge in [-0.05, 0) is 49.9 Å². The monoisotopic (exact) mass is 421 g/mol. The average Bonchev–Trinajstić information content (AvgIpc) is 3.00. The third kappa shape index (κ3) is 4.97. The van der Waals surface area contributed by atoms with Crippen molar-refractivity contribution < 1.29 is 22.7 Å². The summed E-state index contributed by atoms with van der Waals surface area (Å²) in [5.74, 6) is -0.914. The van der Waals surface area contributed by atoms with Crippen LogP contribution in [0.1, 0.15) is 57.9 Å². The second-order valence-corrected chi connectivity index (χ2v) is 8.52. The van der Waals surface area contributed by atoms with Gasteiger partial charge in [-0.3, -0.25) is 9.52 Å². The fourth-order valence-corrected chi connectivity index (χ4v) is 4.28. The highest BCUT2D eigenvalue weighted by molar-refractivity contribution is 7.92. The van der Waals surface area contributed by atoms with Crippen LogP contribution in [0.4, 0.5) is 11.4 Å². The highest BCUT2D eigenvalue weighted by Gasteiger charge is 2.24. The van der Waals surface area contributed by atoms with Crippen molar-refractivity contribution in [3.05, 3.63) is 46.3 Å². The summed E-state index contributed by atoms with van der Waals surface area (Å²) in [6.45, 7) is 7.06. The van der Waals surface area contributed by atoms with Crippen molar-refractivity contribution in [2.24, 2.45) is 0 Å². The Morgan fingerprint density at radius 3 is 2.34 bits per heavy atom. The first-order valence-electron chi connectivity index (χ1n) is 9.36. The van der Waals surface area contributed by atoms with E-state index in [9.17, 15) is 18.0 Å². The molecular formula is C20H27N3O5S. The van der Waals surface area contributed by atoms with Gasteiger partial charge in [0.25, 0.3) is 5.91 Å². The Hall–Kier alpha value is -2.81. The van der Waals surface area contributed by atoms with E-state index in [0.29, 0.717) is 46.6 Å². The fourth-order valence-electron chi connectivity index (χ4n) is 3.08. The lowest BCUT2D eigenvalue weighted by Crippen LogP contribution is -2.18. The fraction of sp³-hybridized carbons (Fsp3) is 0.400. The second kappa shape index (κ2) is 9.13. The highest BCUT2D eigenvalue weighted by atomic mass is 32.2. The van der Waals surface area contributed by atoms with Gasteiger partial charge in [-0.15, -0.1) is 0 Å². The summed E-state index contributed by atoms with van der Waals surface area (Å²) in [6, 6.07) is 4.99. The average molecular weight is 422 g/mol. The molecule has 9 heteroatoms. The lowest BCUT2D eigenvalue weighted by Gasteiger charge is -2.14. The molecule has 1 aromatic heterocycles. The molecule has 158 valence electrons. The molecule has 1 heterocycles. The van der Waals surface area contributed by atoms with Crippen molar-refractivity contribution in [1.82, 2.24) is 4.98 Å². The van der Waals surface area contributed by atoms with E-state index < -0.39 is 21.9 Å². The zero-order valence-electron chi connectivity index (χ0n) is 17.3. The number of aromatic nitrogens is 1. The number of sulfonamides is 1. The first kappa shape index (κ1) is 22.5. The third-order valence-corrected chi connectivity index (χ3v) is 6.09. The zero-order valence-corrected chi connectivity index (χ0v) is 18.1. The van der Waals surface area contributed by atoms with Crippen LogP contribution in [0.25, 0.3) is 0 Å². The molecule has 2 aromatic rings. The summed E-state index contributed by atoms with van der Waals surface area (Å²) >= 11 is 0. The number of nitrogens with one attached hydrogen (secondary N) is 3. The largest absolute Gasteiger partial charge is 0.465 e. The minimum atomic E-state index is -3.45. The summed E-state index contributed by atoms with van der Waals surface area (Å²) < 4.78 is 31.5. The quantitative estimate of drug-likeness (QED) is 0.565. The van der Waals surface area contributed by atoms with Crippen molar-refractivity contribution in [3.63, 3.8) is 0 Å². The predicted octanol–water partition coefficient (Wildman–Crippen LogP) is 3.38. The van der Waals surface area contributed by atoms with Crippen LogP contribution in [0.15, 0.2) is 18.2 Å². The Morgan fingerprint density at radius 2 is 1.76 bits per heavy atom. The van der Waals surface area contributed by atoms with Crippen LogP contribution in [0.2, 0.25) is 0 Å². The molecule has 0 saturated heterocycles. The standard InChI is InChI=1S/C20H27N3O5S/c1-6-11-29(26,27)23-16-10-8-9-15(12(16)3)22-19(24)18-13(4)17(20(25)28-5)14(7-2)21-18/h8-10,21,23H,6-7,11H2,1-5H3,(H,22,24). The van der Waals surface area contributed by atoms with Gasteiger partial charge in [0.05, 0.1) is 24.1 Å². The number of hydrogen-bond acceptors (Lipinski definition) is 5. The van der Waals surface area contributed by atoms with Crippen molar-refractivity contribution in [2.45, 2.75) is 40.5 Å². The van der Waals surface area contributed by atoms with Crippen LogP contribution in [0.3, 0.4) is 0 Å². The van der Waals surface area contributed by atoms with E-state index in [4.69, 9.17) is 4.74 Å². The van der Waals surface area contributed by atoms with Gasteiger partial charge in [0, 0.05) is 11.4 Å². The van der Waals surface area contributed by atoms with Crippen molar-refractivity contribution >= 4 is 33.3 Å². The number of aryl methyl sites for hydroxylation is 1. The number of carbonyl (C=O) groups is 2. The van der Waals surface area contributed by atoms with Gasteiger partial charge in [0.15, 0.2) is 0 Å². The summed E-state index contributed by atoms with van der Waals surface area (Å²) in [5, 5.41) is 2.79. The molecule has 29 heavy (non-hydrogen) atoms. The molecule has 0 aliphatic carbocycles. The summed E-state index contributed by atoms with van der Waals surface area (Å²) in [6.07, 6.45) is 1.03. The number of benzene rings is 1. The van der Waals surface area contributed by atoms with Crippen molar-refractivity contribution in [3.8, 4) is 0 Å². The molecule has 8 nitrogen and oxygen atoms in total. The number of anilines is 2. The van der Waals surface area contributed by atoms with Gasteiger partial charge >= 0.3 is 5.97 Å². The van der Waals surface area contributed by atoms with Crippen LogP contribution in [0, 0.1) is 13.8 Å². The maximum Gasteiger partial charge on any atom is 0.339 e. The molecule has 0 atom stereocenters. The number of aromatic amines is 1. The third-order valence-electron chi connectivity index (χ3n) is 4.62. The van der Waals surface area contributed by atoms with E-state index in [1.807, 2.05) is 6.92 Å². The van der Waals surface area contributed by atoms with E-state index in [1.54, 1.807) is 39.0 Å². The Bertz CT molecular complexity index is 1020. The van der Waals surface area contributed by atoms with Crippen LogP contribution in [0.5, 0.6) is 0 Å². The molecule has 0 radical (unpaired) electrons. The Labute approximate surface area is 171 Å². The number of carbonyl (C=O) groups excluding carboxylic acids is 2. The molecule has 2 rings (SSSR count). The minimum absolute atomic E-state index is 0.0147. The molecule has 0 unspecified atom stereocenters. The van der Waals surface area contributed by atoms with Crippen LogP contribution in [-0.4, -0.2) is 38.1 Å². The van der Waals surface area contributed by atoms with Gasteiger partial charge in [-0.2, -0.15) is 0 Å². The lowest BCUT2D eigenvalue weighted by atomic mass is 10.1. The molecule has 0 aliphatic heterocycles. The first-order valence-corrected chi connectivity index (χ1v) is 11.0. The van der Waals surface area contributed by atoms with E-state index >= 15 is 0 Å². The number of methoxy groups -OCH3 is 1. The maximum absolute atomic E-state index is 12.8. The van der Waals surface area contributed by atoms with Gasteiger partial charge in [-0.25, -0.2) is 13.2 Å². The second-order valence-electron chi connectivity index (χ2n) is 6.68. The van der Waals surface area contributed by atoms with Gasteiger partial charge < -0.3 is 15.0 Å². The molecule has 1 amide bonds. The Balaban J connectivity index is 2.34. The van der Waals surface area contributed by atoms with Crippen LogP contribution < -0.4 is 10.0 Å². The summed E-state index contributed by atoms with van der Waals surface area (Å²) in [4.78, 5) is 27.9. The number of rotatable bonds is 8. The summed E-state index contributed by atoms with van der Waals surface area (Å²) in [7, 11) is -2.16. The van der Waals surface area contributed by atoms with E-state index in [0.717, 1.165) is 0 Å². The van der Waals surface area contributed by atoms with Crippen LogP contribution in [-0.2, 0) is 21.2 Å². The number of hydrogen-bond donors (Lipinski definition) is 3. The van der Waals surface area contributed by atoms with Crippen LogP contribution >= 0.6 is 0 Å². The van der Waals surface area contributed by atoms with Gasteiger partial charge in [0.1, 0.15) is 5.69 Å². The number of esters is 1. The molecule has 0 spiro atoms. The minimum Gasteiger partial charge on any atom is -0.465 e. The maximum atomic E-state index is 12.8. The van der Waals surface area contributed by atoms with E-state index in [-0.39, 0.29) is 11.4 Å². The molecule has 0 aliphatic rings. The Kier molecular flexibility index (Phi) is 7.07. The number of ether oxygens (including phenoxy) is 1. The summed E-state index contributed by atoms with van der Waals surface area (Å²) in [5.41, 5.74) is 3.22. The van der Waals surface area contributed by atoms with Crippen molar-refractivity contribution in [1.29, 1.82) is 0 Å². The first-order chi connectivity index (χ1) is 13.6. The molecular weight excluding hydrogens is 394 g/mol. The number of H-pyrrole nitrogens is 1. The smallest absolute Gasteiger partial charge is 0.339 e. The molecule has 0 bridgehead atoms. The molecule has 1 aromatic carbocycles. The number of amides is 1. The van der Waals surface area contributed by atoms with E-state index in [2.05, 4.69) is 15.0 Å². The molecule has 0 fully saturated rings. The normalized spacial score (nSPS) is 11.2. The SMILES string of the molecule is CCCS(=O)(=O)Nc1cccc(NC(=O)c2[nH]c(CC)c(C(=O)OC)c2C)c1C. The van der Waals surface area contributed by atoms with E-state index in [1.165, 1.54) is 7.11 Å². The highest BCUT2D eigenvalue weighted by Crippen LogP contribution is 2.26. The molecule has 3 N–H and O–H groups in total. The van der Waals surface area contributed by atoms with Gasteiger partial charge in [-0.1, -0.05) is 19.9 Å². The van der Waals surface area contributed by atoms with Crippen molar-refractivity contribution in [2.75, 3.05) is 22.9 Å².